The number of benzene rings is 3. The van der Waals surface area contributed by atoms with Crippen LogP contribution < -0.4 is 9.70 Å². The standard InChI is InChI=1S/C24H17FN4OS/c1-28-20-14-8-6-12-18(20)22(23(28)30)27-29-21(17-11-5-7-13-19(17)25)15-31-24(29)26-16-9-3-2-4-10-16/h2-15H,1H3. The highest BCUT2D eigenvalue weighted by molar-refractivity contribution is 7.07. The highest BCUT2D eigenvalue weighted by Gasteiger charge is 2.31. The summed E-state index contributed by atoms with van der Waals surface area (Å²) in [6.45, 7) is 0. The third-order valence-corrected chi connectivity index (χ3v) is 5.86. The second-order valence-corrected chi connectivity index (χ2v) is 7.81. The minimum atomic E-state index is -0.365. The second kappa shape index (κ2) is 7.77. The number of fused-ring (bicyclic) bond motifs is 1. The molecule has 31 heavy (non-hydrogen) atoms. The number of nitrogens with zero attached hydrogens (tertiary/aromatic N) is 4. The zero-order chi connectivity index (χ0) is 21.4. The molecule has 0 radical (unpaired) electrons. The van der Waals surface area contributed by atoms with Gasteiger partial charge in [-0.05, 0) is 30.3 Å². The van der Waals surface area contributed by atoms with E-state index in [-0.39, 0.29) is 11.7 Å². The van der Waals surface area contributed by atoms with Crippen LogP contribution in [0, 0.1) is 5.82 Å². The lowest BCUT2D eigenvalue weighted by Gasteiger charge is -2.08. The van der Waals surface area contributed by atoms with E-state index >= 15 is 0 Å². The minimum Gasteiger partial charge on any atom is -0.309 e. The molecule has 4 aromatic rings. The summed E-state index contributed by atoms with van der Waals surface area (Å²) in [4.78, 5) is 19.7. The van der Waals surface area contributed by atoms with Crippen LogP contribution in [0.2, 0.25) is 0 Å². The fourth-order valence-corrected chi connectivity index (χ4v) is 4.33. The van der Waals surface area contributed by atoms with Crippen molar-refractivity contribution < 1.29 is 9.18 Å². The van der Waals surface area contributed by atoms with Gasteiger partial charge in [0.2, 0.25) is 4.80 Å². The maximum Gasteiger partial charge on any atom is 0.279 e. The molecule has 1 aromatic heterocycles. The highest BCUT2D eigenvalue weighted by atomic mass is 32.1. The lowest BCUT2D eigenvalue weighted by molar-refractivity contribution is -0.112. The molecule has 5 rings (SSSR count). The number of rotatable bonds is 3. The van der Waals surface area contributed by atoms with Gasteiger partial charge >= 0.3 is 0 Å². The maximum absolute atomic E-state index is 14.6. The molecule has 3 aromatic carbocycles. The third-order valence-electron chi connectivity index (χ3n) is 5.04. The van der Waals surface area contributed by atoms with E-state index in [1.165, 1.54) is 17.4 Å². The number of thiazole rings is 1. The first-order chi connectivity index (χ1) is 15.1. The summed E-state index contributed by atoms with van der Waals surface area (Å²) in [5.74, 6) is -0.583. The van der Waals surface area contributed by atoms with Crippen molar-refractivity contribution in [2.75, 3.05) is 11.9 Å². The van der Waals surface area contributed by atoms with Crippen molar-refractivity contribution in [3.63, 3.8) is 0 Å². The topological polar surface area (TPSA) is 50.0 Å². The van der Waals surface area contributed by atoms with Crippen molar-refractivity contribution in [2.45, 2.75) is 0 Å². The molecule has 0 aliphatic carbocycles. The zero-order valence-electron chi connectivity index (χ0n) is 16.6. The Morgan fingerprint density at radius 2 is 1.55 bits per heavy atom. The Hall–Kier alpha value is -3.84. The van der Waals surface area contributed by atoms with E-state index in [2.05, 4.69) is 4.99 Å². The number of carbonyl (C=O) groups excluding carboxylic acids is 1. The fraction of sp³-hybridized carbons (Fsp3) is 0.0417. The molecule has 152 valence electrons. The van der Waals surface area contributed by atoms with Gasteiger partial charge in [0.05, 0.1) is 17.1 Å². The summed E-state index contributed by atoms with van der Waals surface area (Å²) in [6, 6.07) is 23.5. The molecular weight excluding hydrogens is 411 g/mol. The van der Waals surface area contributed by atoms with Gasteiger partial charge in [0.25, 0.3) is 5.91 Å². The van der Waals surface area contributed by atoms with E-state index in [1.807, 2.05) is 54.6 Å². The maximum atomic E-state index is 14.6. The normalized spacial score (nSPS) is 15.0. The quantitative estimate of drug-likeness (QED) is 0.462. The van der Waals surface area contributed by atoms with Crippen molar-refractivity contribution in [3.05, 3.63) is 100 Å². The predicted molar refractivity (Wildman–Crippen MR) is 121 cm³/mol. The van der Waals surface area contributed by atoms with Gasteiger partial charge in [-0.15, -0.1) is 11.3 Å². The number of carbonyl (C=O) groups is 1. The molecule has 0 fully saturated rings. The number of hydrogen-bond donors (Lipinski definition) is 0. The number of halogens is 1. The highest BCUT2D eigenvalue weighted by Crippen LogP contribution is 2.29. The lowest BCUT2D eigenvalue weighted by atomic mass is 10.1. The largest absolute Gasteiger partial charge is 0.309 e. The van der Waals surface area contributed by atoms with E-state index in [0.717, 1.165) is 16.9 Å². The van der Waals surface area contributed by atoms with Crippen LogP contribution in [0.1, 0.15) is 5.56 Å². The van der Waals surface area contributed by atoms with Crippen molar-refractivity contribution >= 4 is 34.3 Å². The molecule has 0 N–H and O–H groups in total. The number of anilines is 1. The average Bonchev–Trinajstić information content (AvgIpc) is 3.29. The first-order valence-corrected chi connectivity index (χ1v) is 10.5. The van der Waals surface area contributed by atoms with Gasteiger partial charge in [0.1, 0.15) is 5.82 Å². The number of hydrogen-bond acceptors (Lipinski definition) is 4. The van der Waals surface area contributed by atoms with Crippen LogP contribution in [0.25, 0.3) is 11.3 Å². The first kappa shape index (κ1) is 19.1. The van der Waals surface area contributed by atoms with E-state index in [9.17, 15) is 9.18 Å². The number of aromatic nitrogens is 1. The molecule has 0 atom stereocenters. The summed E-state index contributed by atoms with van der Waals surface area (Å²) < 4.78 is 16.2. The van der Waals surface area contributed by atoms with E-state index < -0.39 is 0 Å². The van der Waals surface area contributed by atoms with Crippen molar-refractivity contribution in [2.24, 2.45) is 10.1 Å². The molecule has 0 unspecified atom stereocenters. The Labute approximate surface area is 182 Å². The van der Waals surface area contributed by atoms with Gasteiger partial charge in [-0.1, -0.05) is 48.5 Å². The van der Waals surface area contributed by atoms with E-state index in [1.54, 1.807) is 40.2 Å². The number of likely N-dealkylation sites (N-methyl/N-ethyl adjacent to an activating group) is 1. The first-order valence-electron chi connectivity index (χ1n) is 9.65. The number of para-hydroxylation sites is 2. The fourth-order valence-electron chi connectivity index (χ4n) is 3.49. The molecule has 1 aliphatic heterocycles. The summed E-state index contributed by atoms with van der Waals surface area (Å²) >= 11 is 1.34. The average molecular weight is 428 g/mol. The van der Waals surface area contributed by atoms with Gasteiger partial charge in [-0.2, -0.15) is 5.10 Å². The minimum absolute atomic E-state index is 0.218. The SMILES string of the molecule is CN1C(=O)C(=Nn2c(-c3ccccc3F)csc2=Nc2ccccc2)c2ccccc21. The van der Waals surface area contributed by atoms with Crippen LogP contribution in [0.15, 0.2) is 94.3 Å². The van der Waals surface area contributed by atoms with Crippen LogP contribution >= 0.6 is 11.3 Å². The number of amides is 1. The van der Waals surface area contributed by atoms with Crippen LogP contribution in [-0.2, 0) is 4.79 Å². The summed E-state index contributed by atoms with van der Waals surface area (Å²) in [6.07, 6.45) is 0. The molecule has 1 aliphatic rings. The van der Waals surface area contributed by atoms with Gasteiger partial charge < -0.3 is 4.90 Å². The molecule has 0 saturated carbocycles. The lowest BCUT2D eigenvalue weighted by Crippen LogP contribution is -2.27. The molecule has 7 heteroatoms. The molecule has 5 nitrogen and oxygen atoms in total. The van der Waals surface area contributed by atoms with Gasteiger partial charge in [-0.25, -0.2) is 14.1 Å². The van der Waals surface area contributed by atoms with Crippen molar-refractivity contribution in [1.29, 1.82) is 0 Å². The molecule has 0 bridgehead atoms. The summed E-state index contributed by atoms with van der Waals surface area (Å²) in [5, 5.41) is 6.50. The van der Waals surface area contributed by atoms with Crippen LogP contribution in [0.4, 0.5) is 15.8 Å². The van der Waals surface area contributed by atoms with Gasteiger partial charge in [0, 0.05) is 23.6 Å². The Bertz CT molecular complexity index is 1390. The molecule has 0 saturated heterocycles. The Morgan fingerprint density at radius 3 is 2.32 bits per heavy atom. The summed E-state index contributed by atoms with van der Waals surface area (Å²) in [5.41, 5.74) is 3.49. The molecule has 1 amide bonds. The smallest absolute Gasteiger partial charge is 0.279 e. The van der Waals surface area contributed by atoms with Crippen molar-refractivity contribution in [3.8, 4) is 11.3 Å². The van der Waals surface area contributed by atoms with Crippen molar-refractivity contribution in [1.82, 2.24) is 4.68 Å². The van der Waals surface area contributed by atoms with E-state index in [4.69, 9.17) is 5.10 Å². The molecule has 0 spiro atoms. The van der Waals surface area contributed by atoms with Gasteiger partial charge in [0.15, 0.2) is 5.71 Å². The summed E-state index contributed by atoms with van der Waals surface area (Å²) in [7, 11) is 1.72. The zero-order valence-corrected chi connectivity index (χ0v) is 17.4. The Kier molecular flexibility index (Phi) is 4.80. The Morgan fingerprint density at radius 1 is 0.871 bits per heavy atom. The third kappa shape index (κ3) is 3.39. The Balaban J connectivity index is 1.77. The van der Waals surface area contributed by atoms with Crippen LogP contribution in [-0.4, -0.2) is 23.3 Å². The predicted octanol–water partition coefficient (Wildman–Crippen LogP) is 4.82. The van der Waals surface area contributed by atoms with Crippen LogP contribution in [0.3, 0.4) is 0 Å². The molecular formula is C24H17FN4OS. The molecule has 2 heterocycles. The monoisotopic (exact) mass is 428 g/mol. The van der Waals surface area contributed by atoms with Crippen LogP contribution in [0.5, 0.6) is 0 Å². The van der Waals surface area contributed by atoms with E-state index in [0.29, 0.717) is 21.8 Å². The second-order valence-electron chi connectivity index (χ2n) is 6.97. The van der Waals surface area contributed by atoms with Gasteiger partial charge in [-0.3, -0.25) is 4.79 Å².